The fourth-order valence-electron chi connectivity index (χ4n) is 3.18. The van der Waals surface area contributed by atoms with E-state index in [4.69, 9.17) is 4.74 Å². The molecule has 0 aliphatic carbocycles. The maximum Gasteiger partial charge on any atom is 0.258 e. The molecule has 1 aliphatic heterocycles. The number of rotatable bonds is 5. The van der Waals surface area contributed by atoms with Crippen LogP contribution in [0.4, 0.5) is 11.4 Å². The first-order chi connectivity index (χ1) is 12.2. The summed E-state index contributed by atoms with van der Waals surface area (Å²) in [6, 6.07) is 17.2. The first-order valence-corrected chi connectivity index (χ1v) is 8.59. The lowest BCUT2D eigenvalue weighted by molar-refractivity contribution is -0.126. The van der Waals surface area contributed by atoms with Gasteiger partial charge in [0, 0.05) is 20.2 Å². The van der Waals surface area contributed by atoms with Crippen LogP contribution >= 0.6 is 0 Å². The summed E-state index contributed by atoms with van der Waals surface area (Å²) in [7, 11) is 1.54. The highest BCUT2D eigenvalue weighted by Gasteiger charge is 2.23. The zero-order valence-electron chi connectivity index (χ0n) is 14.4. The molecule has 1 atom stereocenters. The SMILES string of the molecule is CO[C@H](C(=O)Nc1ccccc1N1CCC(O)CC1)c1ccccc1. The van der Waals surface area contributed by atoms with E-state index in [-0.39, 0.29) is 12.0 Å². The smallest absolute Gasteiger partial charge is 0.258 e. The van der Waals surface area contributed by atoms with Crippen LogP contribution in [-0.2, 0) is 9.53 Å². The Kier molecular flexibility index (Phi) is 5.68. The van der Waals surface area contributed by atoms with Crippen molar-refractivity contribution in [3.05, 3.63) is 60.2 Å². The maximum atomic E-state index is 12.7. The Bertz CT molecular complexity index is 697. The zero-order valence-corrected chi connectivity index (χ0v) is 14.4. The van der Waals surface area contributed by atoms with Crippen molar-refractivity contribution in [2.75, 3.05) is 30.4 Å². The minimum atomic E-state index is -0.655. The van der Waals surface area contributed by atoms with Crippen LogP contribution in [-0.4, -0.2) is 37.3 Å². The van der Waals surface area contributed by atoms with Crippen LogP contribution in [0.15, 0.2) is 54.6 Å². The van der Waals surface area contributed by atoms with Gasteiger partial charge < -0.3 is 20.1 Å². The van der Waals surface area contributed by atoms with Crippen molar-refractivity contribution in [1.29, 1.82) is 0 Å². The third-order valence-electron chi connectivity index (χ3n) is 4.54. The number of methoxy groups -OCH3 is 1. The molecule has 0 unspecified atom stereocenters. The largest absolute Gasteiger partial charge is 0.393 e. The van der Waals surface area contributed by atoms with E-state index in [1.807, 2.05) is 54.6 Å². The molecule has 0 radical (unpaired) electrons. The van der Waals surface area contributed by atoms with Crippen LogP contribution in [0.25, 0.3) is 0 Å². The number of nitrogens with zero attached hydrogens (tertiary/aromatic N) is 1. The Morgan fingerprint density at radius 3 is 2.44 bits per heavy atom. The van der Waals surface area contributed by atoms with Gasteiger partial charge >= 0.3 is 0 Å². The normalized spacial score (nSPS) is 16.5. The lowest BCUT2D eigenvalue weighted by atomic mass is 10.1. The van der Waals surface area contributed by atoms with Crippen molar-refractivity contribution in [3.63, 3.8) is 0 Å². The molecule has 5 nitrogen and oxygen atoms in total. The number of benzene rings is 2. The van der Waals surface area contributed by atoms with E-state index < -0.39 is 6.10 Å². The second-order valence-electron chi connectivity index (χ2n) is 6.25. The second-order valence-corrected chi connectivity index (χ2v) is 6.25. The first-order valence-electron chi connectivity index (χ1n) is 8.59. The molecule has 0 aromatic heterocycles. The van der Waals surface area contributed by atoms with Crippen molar-refractivity contribution in [1.82, 2.24) is 0 Å². The summed E-state index contributed by atoms with van der Waals surface area (Å²) in [5.74, 6) is -0.196. The van der Waals surface area contributed by atoms with Crippen molar-refractivity contribution in [3.8, 4) is 0 Å². The zero-order chi connectivity index (χ0) is 17.6. The van der Waals surface area contributed by atoms with E-state index in [1.54, 1.807) is 0 Å². The van der Waals surface area contributed by atoms with Crippen LogP contribution < -0.4 is 10.2 Å². The number of hydrogen-bond acceptors (Lipinski definition) is 4. The number of para-hydroxylation sites is 2. The molecule has 132 valence electrons. The van der Waals surface area contributed by atoms with E-state index in [1.165, 1.54) is 7.11 Å². The van der Waals surface area contributed by atoms with Gasteiger partial charge in [0.25, 0.3) is 5.91 Å². The summed E-state index contributed by atoms with van der Waals surface area (Å²) in [6.07, 6.45) is 0.603. The van der Waals surface area contributed by atoms with Gasteiger partial charge in [-0.15, -0.1) is 0 Å². The molecule has 3 rings (SSSR count). The molecule has 0 saturated carbocycles. The Morgan fingerprint density at radius 1 is 1.12 bits per heavy atom. The van der Waals surface area contributed by atoms with Crippen LogP contribution in [0, 0.1) is 0 Å². The topological polar surface area (TPSA) is 61.8 Å². The molecule has 0 bridgehead atoms. The van der Waals surface area contributed by atoms with Gasteiger partial charge in [-0.05, 0) is 30.5 Å². The Hall–Kier alpha value is -2.37. The number of amides is 1. The number of piperidine rings is 1. The van der Waals surface area contributed by atoms with Gasteiger partial charge in [-0.1, -0.05) is 42.5 Å². The third-order valence-corrected chi connectivity index (χ3v) is 4.54. The van der Waals surface area contributed by atoms with Crippen LogP contribution in [0.5, 0.6) is 0 Å². The number of nitrogens with one attached hydrogen (secondary N) is 1. The third kappa shape index (κ3) is 4.18. The molecule has 1 amide bonds. The average Bonchev–Trinajstić information content (AvgIpc) is 2.64. The lowest BCUT2D eigenvalue weighted by Gasteiger charge is -2.33. The van der Waals surface area contributed by atoms with Gasteiger partial charge in [-0.3, -0.25) is 4.79 Å². The predicted octanol–water partition coefficient (Wildman–Crippen LogP) is 2.97. The van der Waals surface area contributed by atoms with Crippen molar-refractivity contribution in [2.24, 2.45) is 0 Å². The highest BCUT2D eigenvalue weighted by Crippen LogP contribution is 2.29. The molecule has 5 heteroatoms. The van der Waals surface area contributed by atoms with Gasteiger partial charge in [-0.25, -0.2) is 0 Å². The fourth-order valence-corrected chi connectivity index (χ4v) is 3.18. The summed E-state index contributed by atoms with van der Waals surface area (Å²) in [6.45, 7) is 1.56. The molecule has 1 aliphatic rings. The Morgan fingerprint density at radius 2 is 1.76 bits per heavy atom. The number of carbonyl (C=O) groups is 1. The van der Waals surface area contributed by atoms with E-state index in [0.717, 1.165) is 42.9 Å². The second kappa shape index (κ2) is 8.14. The lowest BCUT2D eigenvalue weighted by Crippen LogP contribution is -2.36. The summed E-state index contributed by atoms with van der Waals surface area (Å²) in [5, 5.41) is 12.7. The van der Waals surface area contributed by atoms with Gasteiger partial charge in [0.15, 0.2) is 6.10 Å². The summed E-state index contributed by atoms with van der Waals surface area (Å²) >= 11 is 0. The van der Waals surface area contributed by atoms with Crippen molar-refractivity contribution in [2.45, 2.75) is 25.0 Å². The molecule has 2 N–H and O–H groups in total. The minimum Gasteiger partial charge on any atom is -0.393 e. The standard InChI is InChI=1S/C20H24N2O3/c1-25-19(15-7-3-2-4-8-15)20(24)21-17-9-5-6-10-18(17)22-13-11-16(23)12-14-22/h2-10,16,19,23H,11-14H2,1H3,(H,21,24)/t19-/m0/s1. The van der Waals surface area contributed by atoms with Crippen LogP contribution in [0.2, 0.25) is 0 Å². The average molecular weight is 340 g/mol. The minimum absolute atomic E-state index is 0.196. The fraction of sp³-hybridized carbons (Fsp3) is 0.350. The molecule has 1 fully saturated rings. The van der Waals surface area contributed by atoms with Gasteiger partial charge in [0.05, 0.1) is 17.5 Å². The van der Waals surface area contributed by atoms with Gasteiger partial charge in [0.2, 0.25) is 0 Å². The van der Waals surface area contributed by atoms with Gasteiger partial charge in [0.1, 0.15) is 0 Å². The number of aliphatic hydroxyl groups excluding tert-OH is 1. The summed E-state index contributed by atoms with van der Waals surface area (Å²) in [5.41, 5.74) is 2.56. The highest BCUT2D eigenvalue weighted by atomic mass is 16.5. The molecule has 2 aromatic rings. The van der Waals surface area contributed by atoms with E-state index in [2.05, 4.69) is 10.2 Å². The first kappa shape index (κ1) is 17.5. The van der Waals surface area contributed by atoms with E-state index in [0.29, 0.717) is 0 Å². The monoisotopic (exact) mass is 340 g/mol. The van der Waals surface area contributed by atoms with Crippen LogP contribution in [0.3, 0.4) is 0 Å². The maximum absolute atomic E-state index is 12.7. The molecule has 1 saturated heterocycles. The number of anilines is 2. The van der Waals surface area contributed by atoms with Gasteiger partial charge in [-0.2, -0.15) is 0 Å². The van der Waals surface area contributed by atoms with Crippen molar-refractivity contribution >= 4 is 17.3 Å². The number of hydrogen-bond donors (Lipinski definition) is 2. The van der Waals surface area contributed by atoms with Crippen LogP contribution in [0.1, 0.15) is 24.5 Å². The molecular weight excluding hydrogens is 316 g/mol. The molecule has 2 aromatic carbocycles. The summed E-state index contributed by atoms with van der Waals surface area (Å²) < 4.78 is 5.41. The van der Waals surface area contributed by atoms with Crippen molar-refractivity contribution < 1.29 is 14.6 Å². The molecule has 0 spiro atoms. The predicted molar refractivity (Wildman–Crippen MR) is 98.7 cm³/mol. The van der Waals surface area contributed by atoms with E-state index >= 15 is 0 Å². The summed E-state index contributed by atoms with van der Waals surface area (Å²) in [4.78, 5) is 14.9. The Balaban J connectivity index is 1.77. The molecule has 25 heavy (non-hydrogen) atoms. The molecular formula is C20H24N2O3. The quantitative estimate of drug-likeness (QED) is 0.878. The molecule has 1 heterocycles. The number of aliphatic hydroxyl groups is 1. The number of ether oxygens (including phenoxy) is 1. The highest BCUT2D eigenvalue weighted by molar-refractivity contribution is 5.97. The Labute approximate surface area is 148 Å². The number of carbonyl (C=O) groups excluding carboxylic acids is 1. The van der Waals surface area contributed by atoms with E-state index in [9.17, 15) is 9.90 Å².